The van der Waals surface area contributed by atoms with Crippen molar-refractivity contribution in [3.05, 3.63) is 90.9 Å². The van der Waals surface area contributed by atoms with E-state index in [0.717, 1.165) is 6.07 Å². The second kappa shape index (κ2) is 7.90. The van der Waals surface area contributed by atoms with Gasteiger partial charge in [0.25, 0.3) is 5.91 Å². The van der Waals surface area contributed by atoms with Gasteiger partial charge < -0.3 is 9.73 Å². The summed E-state index contributed by atoms with van der Waals surface area (Å²) >= 11 is 0. The lowest BCUT2D eigenvalue weighted by molar-refractivity contribution is -0.140. The van der Waals surface area contributed by atoms with Crippen molar-refractivity contribution in [3.63, 3.8) is 0 Å². The van der Waals surface area contributed by atoms with Crippen LogP contribution in [0.5, 0.6) is 0 Å². The van der Waals surface area contributed by atoms with Crippen molar-refractivity contribution in [2.45, 2.75) is 6.18 Å². The first-order valence-corrected chi connectivity index (χ1v) is 9.72. The number of para-hydroxylation sites is 1. The Balaban J connectivity index is 1.51. The van der Waals surface area contributed by atoms with Crippen molar-refractivity contribution in [1.29, 1.82) is 0 Å². The molecule has 0 aliphatic heterocycles. The Kier molecular flexibility index (Phi) is 4.89. The van der Waals surface area contributed by atoms with Crippen LogP contribution in [-0.2, 0) is 6.18 Å². The lowest BCUT2D eigenvalue weighted by Gasteiger charge is -2.09. The van der Waals surface area contributed by atoms with Gasteiger partial charge in [0.2, 0.25) is 0 Å². The molecule has 0 fully saturated rings. The molecule has 0 radical (unpaired) electrons. The Hall–Kier alpha value is -4.47. The zero-order chi connectivity index (χ0) is 23.0. The molecule has 33 heavy (non-hydrogen) atoms. The molecule has 7 nitrogen and oxygen atoms in total. The van der Waals surface area contributed by atoms with E-state index in [2.05, 4.69) is 20.4 Å². The van der Waals surface area contributed by atoms with Crippen molar-refractivity contribution < 1.29 is 22.4 Å². The van der Waals surface area contributed by atoms with Gasteiger partial charge in [0.1, 0.15) is 5.69 Å². The van der Waals surface area contributed by atoms with E-state index in [-0.39, 0.29) is 11.3 Å². The van der Waals surface area contributed by atoms with Crippen LogP contribution >= 0.6 is 0 Å². The number of benzene rings is 1. The van der Waals surface area contributed by atoms with E-state index < -0.39 is 17.8 Å². The summed E-state index contributed by atoms with van der Waals surface area (Å²) < 4.78 is 45.6. The number of carbonyl (C=O) groups excluding carboxylic acids is 1. The Morgan fingerprint density at radius 2 is 1.88 bits per heavy atom. The highest BCUT2D eigenvalue weighted by atomic mass is 19.4. The highest BCUT2D eigenvalue weighted by molar-refractivity contribution is 6.04. The van der Waals surface area contributed by atoms with Gasteiger partial charge in [0, 0.05) is 34.6 Å². The number of halogens is 3. The number of aromatic nitrogens is 4. The lowest BCUT2D eigenvalue weighted by atomic mass is 10.1. The van der Waals surface area contributed by atoms with Gasteiger partial charge in [-0.05, 0) is 36.4 Å². The number of hydrogen-bond acceptors (Lipinski definition) is 5. The molecule has 4 heterocycles. The van der Waals surface area contributed by atoms with E-state index >= 15 is 0 Å². The number of carbonyl (C=O) groups is 1. The summed E-state index contributed by atoms with van der Waals surface area (Å²) in [7, 11) is 0. The van der Waals surface area contributed by atoms with Gasteiger partial charge in [-0.3, -0.25) is 4.79 Å². The minimum absolute atomic E-state index is 0.151. The maximum Gasteiger partial charge on any atom is 0.433 e. The quantitative estimate of drug-likeness (QED) is 0.400. The van der Waals surface area contributed by atoms with Crippen molar-refractivity contribution in [3.8, 4) is 16.9 Å². The summed E-state index contributed by atoms with van der Waals surface area (Å²) in [5, 5.41) is 7.55. The van der Waals surface area contributed by atoms with Crippen LogP contribution in [0.25, 0.3) is 27.8 Å². The van der Waals surface area contributed by atoms with Gasteiger partial charge in [-0.15, -0.1) is 0 Å². The molecule has 0 unspecified atom stereocenters. The number of fused-ring (bicyclic) bond motifs is 1. The van der Waals surface area contributed by atoms with Gasteiger partial charge in [-0.2, -0.15) is 18.3 Å². The normalized spacial score (nSPS) is 11.6. The van der Waals surface area contributed by atoms with E-state index in [4.69, 9.17) is 4.42 Å². The zero-order valence-electron chi connectivity index (χ0n) is 16.7. The van der Waals surface area contributed by atoms with Crippen LogP contribution in [0.2, 0.25) is 0 Å². The highest BCUT2D eigenvalue weighted by Gasteiger charge is 2.32. The fraction of sp³-hybridized carbons (Fsp3) is 0.0435. The van der Waals surface area contributed by atoms with E-state index in [9.17, 15) is 18.0 Å². The predicted molar refractivity (Wildman–Crippen MR) is 114 cm³/mol. The van der Waals surface area contributed by atoms with Crippen LogP contribution in [0, 0.1) is 0 Å². The summed E-state index contributed by atoms with van der Waals surface area (Å²) in [4.78, 5) is 20.4. The van der Waals surface area contributed by atoms with Crippen LogP contribution in [0.3, 0.4) is 0 Å². The number of nitrogens with one attached hydrogen (secondary N) is 1. The standard InChI is InChI=1S/C23H14F3N5O2/c24-23(25,26)20-8-7-16-18(29-20)9-10-27-21(16)31-13-14(12-28-31)15-4-1-2-5-17(15)30-22(32)19-6-3-11-33-19/h1-13H,(H,30,32). The summed E-state index contributed by atoms with van der Waals surface area (Å²) in [6, 6.07) is 14.0. The van der Waals surface area contributed by atoms with E-state index in [1.54, 1.807) is 36.7 Å². The molecule has 1 N–H and O–H groups in total. The molecule has 1 aromatic carbocycles. The molecule has 0 bridgehead atoms. The van der Waals surface area contributed by atoms with Crippen molar-refractivity contribution in [2.75, 3.05) is 5.32 Å². The Bertz CT molecular complexity index is 1460. The molecule has 5 aromatic rings. The largest absolute Gasteiger partial charge is 0.459 e. The molecule has 164 valence electrons. The van der Waals surface area contributed by atoms with Crippen molar-refractivity contribution >= 4 is 22.5 Å². The maximum absolute atomic E-state index is 13.0. The second-order valence-corrected chi connectivity index (χ2v) is 7.05. The maximum atomic E-state index is 13.0. The summed E-state index contributed by atoms with van der Waals surface area (Å²) in [6.07, 6.45) is 1.51. The molecule has 4 aromatic heterocycles. The topological polar surface area (TPSA) is 85.8 Å². The van der Waals surface area contributed by atoms with Crippen LogP contribution in [0.4, 0.5) is 18.9 Å². The first-order valence-electron chi connectivity index (χ1n) is 9.72. The highest BCUT2D eigenvalue weighted by Crippen LogP contribution is 2.31. The molecule has 0 saturated heterocycles. The average molecular weight is 449 g/mol. The monoisotopic (exact) mass is 449 g/mol. The molecule has 10 heteroatoms. The molecule has 0 spiro atoms. The second-order valence-electron chi connectivity index (χ2n) is 7.05. The average Bonchev–Trinajstić information content (AvgIpc) is 3.51. The SMILES string of the molecule is O=C(Nc1ccccc1-c1cnn(-c2nccc3nc(C(F)(F)F)ccc23)c1)c1ccco1. The number of anilines is 1. The van der Waals surface area contributed by atoms with E-state index in [0.29, 0.717) is 28.0 Å². The van der Waals surface area contributed by atoms with Gasteiger partial charge in [-0.25, -0.2) is 14.6 Å². The number of rotatable bonds is 4. The summed E-state index contributed by atoms with van der Waals surface area (Å²) in [6.45, 7) is 0. The van der Waals surface area contributed by atoms with Crippen LogP contribution in [-0.4, -0.2) is 25.7 Å². The first kappa shape index (κ1) is 20.4. The Morgan fingerprint density at radius 1 is 1.03 bits per heavy atom. The van der Waals surface area contributed by atoms with Crippen LogP contribution in [0.15, 0.2) is 83.9 Å². The molecule has 0 aliphatic carbocycles. The Labute approximate surface area is 184 Å². The van der Waals surface area contributed by atoms with Gasteiger partial charge in [0.05, 0.1) is 18.0 Å². The van der Waals surface area contributed by atoms with Crippen LogP contribution < -0.4 is 5.32 Å². The fourth-order valence-corrected chi connectivity index (χ4v) is 3.39. The van der Waals surface area contributed by atoms with Crippen molar-refractivity contribution in [1.82, 2.24) is 19.7 Å². The predicted octanol–water partition coefficient (Wildman–Crippen LogP) is 5.35. The molecule has 0 aliphatic rings. The minimum atomic E-state index is -4.54. The van der Waals surface area contributed by atoms with Gasteiger partial charge in [0.15, 0.2) is 11.6 Å². The minimum Gasteiger partial charge on any atom is -0.459 e. The number of alkyl halides is 3. The van der Waals surface area contributed by atoms with Gasteiger partial charge in [-0.1, -0.05) is 18.2 Å². The number of furan rings is 1. The molecule has 0 atom stereocenters. The third kappa shape index (κ3) is 3.93. The number of hydrogen-bond donors (Lipinski definition) is 1. The van der Waals surface area contributed by atoms with Crippen LogP contribution in [0.1, 0.15) is 16.2 Å². The molecular formula is C23H14F3N5O2. The zero-order valence-corrected chi connectivity index (χ0v) is 16.7. The molecular weight excluding hydrogens is 435 g/mol. The lowest BCUT2D eigenvalue weighted by Crippen LogP contribution is -2.11. The Morgan fingerprint density at radius 3 is 2.67 bits per heavy atom. The fourth-order valence-electron chi connectivity index (χ4n) is 3.39. The smallest absolute Gasteiger partial charge is 0.433 e. The summed E-state index contributed by atoms with van der Waals surface area (Å²) in [5.74, 6) is 0.102. The van der Waals surface area contributed by atoms with E-state index in [1.165, 1.54) is 29.3 Å². The summed E-state index contributed by atoms with van der Waals surface area (Å²) in [5.41, 5.74) is 1.08. The number of amides is 1. The first-order chi connectivity index (χ1) is 15.9. The number of pyridine rings is 2. The van der Waals surface area contributed by atoms with Crippen molar-refractivity contribution in [2.24, 2.45) is 0 Å². The molecule has 5 rings (SSSR count). The number of nitrogens with zero attached hydrogens (tertiary/aromatic N) is 4. The molecule has 1 amide bonds. The molecule has 0 saturated carbocycles. The third-order valence-corrected chi connectivity index (χ3v) is 4.92. The third-order valence-electron chi connectivity index (χ3n) is 4.92. The van der Waals surface area contributed by atoms with E-state index in [1.807, 2.05) is 12.1 Å². The van der Waals surface area contributed by atoms with Gasteiger partial charge >= 0.3 is 6.18 Å².